The first-order valence-corrected chi connectivity index (χ1v) is 10.2. The lowest BCUT2D eigenvalue weighted by Crippen LogP contribution is -2.56. The number of carbonyl (C=O) groups excluding carboxylic acids is 1. The van der Waals surface area contributed by atoms with Crippen molar-refractivity contribution in [2.24, 2.45) is 5.92 Å². The number of allylic oxidation sites excluding steroid dienone is 1. The first-order valence-electron chi connectivity index (χ1n) is 9.87. The van der Waals surface area contributed by atoms with Crippen LogP contribution in [0.15, 0.2) is 12.2 Å². The minimum Gasteiger partial charge on any atom is -0.353 e. The van der Waals surface area contributed by atoms with E-state index in [2.05, 4.69) is 6.58 Å². The van der Waals surface area contributed by atoms with Crippen molar-refractivity contribution < 1.29 is 23.7 Å². The van der Waals surface area contributed by atoms with Gasteiger partial charge in [-0.3, -0.25) is 4.79 Å². The first kappa shape index (κ1) is 20.3. The molecule has 2 heterocycles. The van der Waals surface area contributed by atoms with Gasteiger partial charge in [-0.25, -0.2) is 0 Å². The van der Waals surface area contributed by atoms with Gasteiger partial charge in [-0.1, -0.05) is 12.2 Å². The van der Waals surface area contributed by atoms with Crippen LogP contribution >= 0.6 is 11.6 Å². The van der Waals surface area contributed by atoms with Crippen LogP contribution in [0.1, 0.15) is 58.3 Å². The van der Waals surface area contributed by atoms with Gasteiger partial charge in [-0.15, -0.1) is 11.6 Å². The van der Waals surface area contributed by atoms with Crippen LogP contribution in [-0.4, -0.2) is 49.2 Å². The summed E-state index contributed by atoms with van der Waals surface area (Å²) in [5.41, 5.74) is 0.992. The second kappa shape index (κ2) is 9.16. The van der Waals surface area contributed by atoms with Crippen molar-refractivity contribution in [1.29, 1.82) is 0 Å². The topological polar surface area (TPSA) is 54.0 Å². The van der Waals surface area contributed by atoms with Gasteiger partial charge in [-0.05, 0) is 57.8 Å². The zero-order valence-electron chi connectivity index (χ0n) is 15.7. The molecule has 3 fully saturated rings. The highest BCUT2D eigenvalue weighted by atomic mass is 35.5. The molecule has 0 radical (unpaired) electrons. The summed E-state index contributed by atoms with van der Waals surface area (Å²) < 4.78 is 23.4. The van der Waals surface area contributed by atoms with E-state index in [0.717, 1.165) is 44.1 Å². The maximum Gasteiger partial charge on any atom is 0.159 e. The molecule has 2 saturated heterocycles. The third-order valence-corrected chi connectivity index (χ3v) is 6.24. The van der Waals surface area contributed by atoms with Crippen molar-refractivity contribution in [1.82, 2.24) is 0 Å². The molecule has 5 atom stereocenters. The number of hydrogen-bond donors (Lipinski definition) is 0. The fraction of sp³-hybridized carbons (Fsp3) is 0.850. The molecule has 3 aliphatic rings. The molecule has 0 aromatic rings. The predicted molar refractivity (Wildman–Crippen MR) is 99.1 cm³/mol. The van der Waals surface area contributed by atoms with Crippen LogP contribution in [0.4, 0.5) is 0 Å². The molecule has 1 aliphatic carbocycles. The molecule has 0 amide bonds. The van der Waals surface area contributed by atoms with Crippen LogP contribution in [0.2, 0.25) is 0 Å². The number of alkyl halides is 1. The van der Waals surface area contributed by atoms with Crippen LogP contribution in [-0.2, 0) is 23.7 Å². The third kappa shape index (κ3) is 4.87. The zero-order chi connectivity index (χ0) is 18.6. The van der Waals surface area contributed by atoms with Crippen LogP contribution in [0.25, 0.3) is 0 Å². The number of halogens is 1. The Kier molecular flexibility index (Phi) is 7.14. The summed E-state index contributed by atoms with van der Waals surface area (Å²) in [7, 11) is 0. The summed E-state index contributed by atoms with van der Waals surface area (Å²) >= 11 is 6.86. The van der Waals surface area contributed by atoms with E-state index in [4.69, 9.17) is 30.5 Å². The van der Waals surface area contributed by atoms with E-state index in [1.54, 1.807) is 0 Å². The van der Waals surface area contributed by atoms with E-state index in [0.29, 0.717) is 26.1 Å². The zero-order valence-corrected chi connectivity index (χ0v) is 16.5. The van der Waals surface area contributed by atoms with E-state index >= 15 is 0 Å². The lowest BCUT2D eigenvalue weighted by atomic mass is 9.76. The van der Waals surface area contributed by atoms with E-state index in [9.17, 15) is 4.79 Å². The smallest absolute Gasteiger partial charge is 0.159 e. The molecule has 6 heteroatoms. The molecule has 1 saturated carbocycles. The van der Waals surface area contributed by atoms with Gasteiger partial charge in [0, 0.05) is 19.6 Å². The Balaban J connectivity index is 1.69. The SMILES string of the molecule is C=C(C)[C@H]1CC(=O)[C@](Cl)(COC2CCCCO2)[C@H](OC2CCCCO2)C1. The molecule has 0 aromatic carbocycles. The predicted octanol–water partition coefficient (Wildman–Crippen LogP) is 3.97. The Hall–Kier alpha value is -0.460. The van der Waals surface area contributed by atoms with Crippen LogP contribution in [0, 0.1) is 5.92 Å². The van der Waals surface area contributed by atoms with E-state index in [-0.39, 0.29) is 30.9 Å². The molecular formula is C20H31ClO5. The highest BCUT2D eigenvalue weighted by molar-refractivity contribution is 6.36. The molecule has 26 heavy (non-hydrogen) atoms. The fourth-order valence-corrected chi connectivity index (χ4v) is 4.15. The molecule has 0 spiro atoms. The standard InChI is InChI=1S/C20H31ClO5/c1-14(2)15-11-16(22)20(21,13-25-18-7-3-5-9-23-18)17(12-15)26-19-8-4-6-10-24-19/h15,17-19H,1,3-13H2,2H3/t15-,17+,18?,19?,20+/m0/s1. The van der Waals surface area contributed by atoms with Crippen LogP contribution < -0.4 is 0 Å². The van der Waals surface area contributed by atoms with Gasteiger partial charge in [-0.2, -0.15) is 0 Å². The Morgan fingerprint density at radius 3 is 2.42 bits per heavy atom. The summed E-state index contributed by atoms with van der Waals surface area (Å²) in [6.07, 6.45) is 5.94. The molecule has 0 aromatic heterocycles. The molecule has 3 rings (SSSR count). The summed E-state index contributed by atoms with van der Waals surface area (Å²) in [4.78, 5) is 11.8. The highest BCUT2D eigenvalue weighted by Crippen LogP contribution is 2.41. The summed E-state index contributed by atoms with van der Waals surface area (Å²) in [5, 5.41) is 0. The number of rotatable bonds is 6. The number of hydrogen-bond acceptors (Lipinski definition) is 5. The van der Waals surface area contributed by atoms with Crippen LogP contribution in [0.5, 0.6) is 0 Å². The van der Waals surface area contributed by atoms with Gasteiger partial charge >= 0.3 is 0 Å². The largest absolute Gasteiger partial charge is 0.353 e. The number of carbonyl (C=O) groups is 1. The van der Waals surface area contributed by atoms with Gasteiger partial charge < -0.3 is 18.9 Å². The summed E-state index contributed by atoms with van der Waals surface area (Å²) in [6.45, 7) is 7.48. The molecular weight excluding hydrogens is 356 g/mol. The minimum absolute atomic E-state index is 0.0324. The van der Waals surface area contributed by atoms with E-state index < -0.39 is 11.0 Å². The van der Waals surface area contributed by atoms with Crippen molar-refractivity contribution in [3.05, 3.63) is 12.2 Å². The molecule has 0 bridgehead atoms. The van der Waals surface area contributed by atoms with Crippen molar-refractivity contribution in [3.8, 4) is 0 Å². The van der Waals surface area contributed by atoms with E-state index in [1.165, 1.54) is 0 Å². The second-order valence-corrected chi connectivity index (χ2v) is 8.47. The number of ketones is 1. The van der Waals surface area contributed by atoms with Crippen molar-refractivity contribution >= 4 is 17.4 Å². The average Bonchev–Trinajstić information content (AvgIpc) is 2.65. The van der Waals surface area contributed by atoms with Gasteiger partial charge in [0.05, 0.1) is 12.7 Å². The molecule has 0 N–H and O–H groups in total. The monoisotopic (exact) mass is 386 g/mol. The van der Waals surface area contributed by atoms with Crippen molar-refractivity contribution in [2.45, 2.75) is 81.8 Å². The van der Waals surface area contributed by atoms with Crippen molar-refractivity contribution in [2.75, 3.05) is 19.8 Å². The Labute approximate surface area is 161 Å². The lowest BCUT2D eigenvalue weighted by molar-refractivity contribution is -0.215. The Bertz CT molecular complexity index is 498. The van der Waals surface area contributed by atoms with Gasteiger partial charge in [0.15, 0.2) is 23.2 Å². The van der Waals surface area contributed by atoms with Gasteiger partial charge in [0.25, 0.3) is 0 Å². The maximum atomic E-state index is 12.9. The number of ether oxygens (including phenoxy) is 4. The summed E-state index contributed by atoms with van der Waals surface area (Å²) in [5.74, 6) is 0.0592. The van der Waals surface area contributed by atoms with E-state index in [1.807, 2.05) is 6.92 Å². The Morgan fingerprint density at radius 2 is 1.85 bits per heavy atom. The molecule has 2 aliphatic heterocycles. The van der Waals surface area contributed by atoms with Gasteiger partial charge in [0.2, 0.25) is 0 Å². The lowest BCUT2D eigenvalue weighted by Gasteiger charge is -2.43. The van der Waals surface area contributed by atoms with Crippen LogP contribution in [0.3, 0.4) is 0 Å². The fourth-order valence-electron chi connectivity index (χ4n) is 3.87. The maximum absolute atomic E-state index is 12.9. The quantitative estimate of drug-likeness (QED) is 0.510. The molecule has 148 valence electrons. The van der Waals surface area contributed by atoms with Gasteiger partial charge in [0.1, 0.15) is 0 Å². The second-order valence-electron chi connectivity index (χ2n) is 7.80. The number of Topliss-reactive ketones (excluding diaryl/α,β-unsaturated/α-hetero) is 1. The minimum atomic E-state index is -1.19. The molecule has 5 nitrogen and oxygen atoms in total. The average molecular weight is 387 g/mol. The van der Waals surface area contributed by atoms with Crippen molar-refractivity contribution in [3.63, 3.8) is 0 Å². The Morgan fingerprint density at radius 1 is 1.19 bits per heavy atom. The molecule has 2 unspecified atom stereocenters. The summed E-state index contributed by atoms with van der Waals surface area (Å²) in [6, 6.07) is 0. The highest BCUT2D eigenvalue weighted by Gasteiger charge is 2.51. The first-order chi connectivity index (χ1) is 12.5. The normalized spacial score (nSPS) is 38.9. The third-order valence-electron chi connectivity index (χ3n) is 5.67.